The SMILES string of the molecule is Cc1c(NN)ncnc1Oc1ccccc1I. The molecule has 0 aliphatic rings. The van der Waals surface area contributed by atoms with Crippen molar-refractivity contribution in [3.8, 4) is 11.6 Å². The van der Waals surface area contributed by atoms with E-state index in [4.69, 9.17) is 10.6 Å². The first-order valence-electron chi connectivity index (χ1n) is 4.93. The van der Waals surface area contributed by atoms with Crippen molar-refractivity contribution in [1.29, 1.82) is 0 Å². The van der Waals surface area contributed by atoms with Gasteiger partial charge in [-0.05, 0) is 41.6 Å². The van der Waals surface area contributed by atoms with Gasteiger partial charge in [-0.1, -0.05) is 12.1 Å². The Kier molecular flexibility index (Phi) is 3.75. The van der Waals surface area contributed by atoms with E-state index in [1.165, 1.54) is 6.33 Å². The summed E-state index contributed by atoms with van der Waals surface area (Å²) in [6, 6.07) is 7.72. The number of benzene rings is 1. The van der Waals surface area contributed by atoms with Gasteiger partial charge in [0.05, 0.1) is 9.13 Å². The third-order valence-electron chi connectivity index (χ3n) is 2.22. The molecule has 0 aliphatic carbocycles. The fraction of sp³-hybridized carbons (Fsp3) is 0.0909. The normalized spacial score (nSPS) is 10.1. The molecule has 0 saturated carbocycles. The van der Waals surface area contributed by atoms with Crippen LogP contribution in [0, 0.1) is 10.5 Å². The van der Waals surface area contributed by atoms with Gasteiger partial charge in [0.1, 0.15) is 17.9 Å². The zero-order valence-electron chi connectivity index (χ0n) is 9.14. The van der Waals surface area contributed by atoms with E-state index in [1.54, 1.807) is 0 Å². The number of rotatable bonds is 3. The van der Waals surface area contributed by atoms with Gasteiger partial charge in [-0.2, -0.15) is 0 Å². The molecule has 0 spiro atoms. The first kappa shape index (κ1) is 12.1. The minimum absolute atomic E-state index is 0.497. The predicted octanol–water partition coefficient (Wildman–Crippen LogP) is 2.47. The van der Waals surface area contributed by atoms with Gasteiger partial charge in [0.25, 0.3) is 0 Å². The lowest BCUT2D eigenvalue weighted by Gasteiger charge is -2.10. The van der Waals surface area contributed by atoms with E-state index in [2.05, 4.69) is 38.0 Å². The van der Waals surface area contributed by atoms with Gasteiger partial charge in [0.15, 0.2) is 0 Å². The zero-order chi connectivity index (χ0) is 12.3. The van der Waals surface area contributed by atoms with Crippen LogP contribution >= 0.6 is 22.6 Å². The summed E-state index contributed by atoms with van der Waals surface area (Å²) in [5, 5.41) is 0. The first-order chi connectivity index (χ1) is 8.22. The van der Waals surface area contributed by atoms with E-state index < -0.39 is 0 Å². The molecule has 0 saturated heterocycles. The highest BCUT2D eigenvalue weighted by molar-refractivity contribution is 14.1. The number of halogens is 1. The summed E-state index contributed by atoms with van der Waals surface area (Å²) in [5.74, 6) is 7.16. The quantitative estimate of drug-likeness (QED) is 0.509. The third kappa shape index (κ3) is 2.64. The van der Waals surface area contributed by atoms with Gasteiger partial charge in [-0.15, -0.1) is 0 Å². The first-order valence-corrected chi connectivity index (χ1v) is 6.01. The minimum atomic E-state index is 0.497. The van der Waals surface area contributed by atoms with Crippen molar-refractivity contribution in [2.75, 3.05) is 5.43 Å². The van der Waals surface area contributed by atoms with Crippen molar-refractivity contribution in [3.63, 3.8) is 0 Å². The highest BCUT2D eigenvalue weighted by Gasteiger charge is 2.09. The Hall–Kier alpha value is -1.41. The number of nitrogens with two attached hydrogens (primary N) is 1. The number of hydrogen-bond acceptors (Lipinski definition) is 5. The topological polar surface area (TPSA) is 73.1 Å². The molecule has 1 aromatic carbocycles. The monoisotopic (exact) mass is 342 g/mol. The number of aromatic nitrogens is 2. The van der Waals surface area contributed by atoms with Crippen LogP contribution in [0.3, 0.4) is 0 Å². The summed E-state index contributed by atoms with van der Waals surface area (Å²) < 4.78 is 6.75. The average molecular weight is 342 g/mol. The van der Waals surface area contributed by atoms with E-state index in [-0.39, 0.29) is 0 Å². The molecular formula is C11H11IN4O. The highest BCUT2D eigenvalue weighted by Crippen LogP contribution is 2.28. The average Bonchev–Trinajstić information content (AvgIpc) is 2.34. The smallest absolute Gasteiger partial charge is 0.227 e. The van der Waals surface area contributed by atoms with Gasteiger partial charge in [0.2, 0.25) is 5.88 Å². The maximum absolute atomic E-state index is 5.73. The molecule has 88 valence electrons. The number of hydrogen-bond donors (Lipinski definition) is 2. The molecule has 3 N–H and O–H groups in total. The zero-order valence-corrected chi connectivity index (χ0v) is 11.3. The number of ether oxygens (including phenoxy) is 1. The predicted molar refractivity (Wildman–Crippen MR) is 73.8 cm³/mol. The largest absolute Gasteiger partial charge is 0.437 e. The molecule has 1 aromatic heterocycles. The summed E-state index contributed by atoms with van der Waals surface area (Å²) in [4.78, 5) is 8.08. The van der Waals surface area contributed by atoms with E-state index >= 15 is 0 Å². The fourth-order valence-electron chi connectivity index (χ4n) is 1.31. The molecule has 0 aliphatic heterocycles. The Balaban J connectivity index is 2.34. The number of para-hydroxylation sites is 1. The van der Waals surface area contributed by atoms with Crippen LogP contribution in [-0.4, -0.2) is 9.97 Å². The van der Waals surface area contributed by atoms with Gasteiger partial charge in [0, 0.05) is 0 Å². The van der Waals surface area contributed by atoms with Crippen molar-refractivity contribution in [2.45, 2.75) is 6.92 Å². The van der Waals surface area contributed by atoms with Crippen molar-refractivity contribution in [3.05, 3.63) is 39.7 Å². The second kappa shape index (κ2) is 5.28. The number of hydrazine groups is 1. The molecule has 5 nitrogen and oxygen atoms in total. The summed E-state index contributed by atoms with van der Waals surface area (Å²) in [6.45, 7) is 1.85. The van der Waals surface area contributed by atoms with Crippen LogP contribution < -0.4 is 16.0 Å². The van der Waals surface area contributed by atoms with Crippen LogP contribution in [0.15, 0.2) is 30.6 Å². The van der Waals surface area contributed by atoms with Gasteiger partial charge in [-0.25, -0.2) is 15.8 Å². The lowest BCUT2D eigenvalue weighted by Crippen LogP contribution is -2.11. The van der Waals surface area contributed by atoms with Crippen LogP contribution in [-0.2, 0) is 0 Å². The number of nitrogens with zero attached hydrogens (tertiary/aromatic N) is 2. The maximum atomic E-state index is 5.73. The summed E-state index contributed by atoms with van der Waals surface area (Å²) >= 11 is 2.21. The van der Waals surface area contributed by atoms with Crippen molar-refractivity contribution >= 4 is 28.4 Å². The van der Waals surface area contributed by atoms with Crippen LogP contribution in [0.2, 0.25) is 0 Å². The number of nitrogen functional groups attached to an aromatic ring is 1. The molecule has 2 rings (SSSR count). The van der Waals surface area contributed by atoms with Gasteiger partial charge in [-0.3, -0.25) is 0 Å². The molecule has 0 fully saturated rings. The summed E-state index contributed by atoms with van der Waals surface area (Å²) in [6.07, 6.45) is 1.41. The molecule has 0 unspecified atom stereocenters. The number of nitrogens with one attached hydrogen (secondary N) is 1. The Labute approximate surface area is 113 Å². The Morgan fingerprint density at radius 1 is 1.29 bits per heavy atom. The Bertz CT molecular complexity index is 533. The third-order valence-corrected chi connectivity index (χ3v) is 3.11. The second-order valence-corrected chi connectivity index (χ2v) is 4.49. The summed E-state index contributed by atoms with van der Waals surface area (Å²) in [7, 11) is 0. The molecule has 6 heteroatoms. The molecule has 0 amide bonds. The molecular weight excluding hydrogens is 331 g/mol. The summed E-state index contributed by atoms with van der Waals surface area (Å²) in [5.41, 5.74) is 3.28. The van der Waals surface area contributed by atoms with Crippen LogP contribution in [0.1, 0.15) is 5.56 Å². The van der Waals surface area contributed by atoms with E-state index in [0.717, 1.165) is 14.9 Å². The highest BCUT2D eigenvalue weighted by atomic mass is 127. The molecule has 17 heavy (non-hydrogen) atoms. The molecule has 0 radical (unpaired) electrons. The lowest BCUT2D eigenvalue weighted by atomic mass is 10.3. The van der Waals surface area contributed by atoms with Gasteiger partial charge < -0.3 is 10.2 Å². The molecule has 1 heterocycles. The van der Waals surface area contributed by atoms with Gasteiger partial charge >= 0.3 is 0 Å². The minimum Gasteiger partial charge on any atom is -0.437 e. The Morgan fingerprint density at radius 3 is 2.76 bits per heavy atom. The van der Waals surface area contributed by atoms with Crippen molar-refractivity contribution in [1.82, 2.24) is 9.97 Å². The van der Waals surface area contributed by atoms with Crippen LogP contribution in [0.5, 0.6) is 11.6 Å². The maximum Gasteiger partial charge on any atom is 0.227 e. The van der Waals surface area contributed by atoms with Crippen molar-refractivity contribution in [2.24, 2.45) is 5.84 Å². The fourth-order valence-corrected chi connectivity index (χ4v) is 1.81. The number of anilines is 1. The van der Waals surface area contributed by atoms with Crippen LogP contribution in [0.4, 0.5) is 5.82 Å². The van der Waals surface area contributed by atoms with Crippen LogP contribution in [0.25, 0.3) is 0 Å². The lowest BCUT2D eigenvalue weighted by molar-refractivity contribution is 0.454. The van der Waals surface area contributed by atoms with E-state index in [0.29, 0.717) is 11.7 Å². The van der Waals surface area contributed by atoms with E-state index in [1.807, 2.05) is 31.2 Å². The standard InChI is InChI=1S/C11H11IN4O/c1-7-10(16-13)14-6-15-11(7)17-9-5-3-2-4-8(9)12/h2-6H,13H2,1H3,(H,14,15,16). The molecule has 0 bridgehead atoms. The molecule has 0 atom stereocenters. The van der Waals surface area contributed by atoms with Crippen molar-refractivity contribution < 1.29 is 4.74 Å². The Morgan fingerprint density at radius 2 is 2.06 bits per heavy atom. The second-order valence-electron chi connectivity index (χ2n) is 3.33. The van der Waals surface area contributed by atoms with E-state index in [9.17, 15) is 0 Å². The molecule has 2 aromatic rings.